The van der Waals surface area contributed by atoms with Crippen molar-refractivity contribution in [1.82, 2.24) is 15.5 Å². The molecular formula is C23H33N3O4S. The number of carbonyl (C=O) groups excluding carboxylic acids is 3. The lowest BCUT2D eigenvalue weighted by Crippen LogP contribution is -2.57. The summed E-state index contributed by atoms with van der Waals surface area (Å²) in [7, 11) is 1.62. The van der Waals surface area contributed by atoms with Crippen LogP contribution in [0.2, 0.25) is 0 Å². The van der Waals surface area contributed by atoms with Gasteiger partial charge < -0.3 is 20.3 Å². The number of hydrogen-bond donors (Lipinski definition) is 2. The summed E-state index contributed by atoms with van der Waals surface area (Å²) < 4.78 is 4.54. The highest BCUT2D eigenvalue weighted by molar-refractivity contribution is 8.01. The van der Waals surface area contributed by atoms with E-state index in [1.807, 2.05) is 52.0 Å². The normalized spacial score (nSPS) is 22.3. The predicted molar refractivity (Wildman–Crippen MR) is 122 cm³/mol. The Hall–Kier alpha value is -2.06. The summed E-state index contributed by atoms with van der Waals surface area (Å²) in [6, 6.07) is 6.23. The van der Waals surface area contributed by atoms with E-state index in [1.54, 1.807) is 23.8 Å². The van der Waals surface area contributed by atoms with Gasteiger partial charge in [0.2, 0.25) is 11.8 Å². The molecule has 2 heterocycles. The number of ether oxygens (including phenoxy) is 1. The maximum Gasteiger partial charge on any atom is 0.256 e. The second-order valence-electron chi connectivity index (χ2n) is 9.10. The minimum atomic E-state index is -0.654. The molecule has 1 saturated heterocycles. The minimum absolute atomic E-state index is 0.122. The van der Waals surface area contributed by atoms with Crippen molar-refractivity contribution in [2.24, 2.45) is 5.92 Å². The molecule has 0 spiro atoms. The Morgan fingerprint density at radius 3 is 2.65 bits per heavy atom. The van der Waals surface area contributed by atoms with Crippen LogP contribution in [-0.2, 0) is 14.3 Å². The number of fused-ring (bicyclic) bond motifs is 3. The van der Waals surface area contributed by atoms with Crippen molar-refractivity contribution in [3.05, 3.63) is 35.4 Å². The molecule has 31 heavy (non-hydrogen) atoms. The van der Waals surface area contributed by atoms with Crippen molar-refractivity contribution in [2.75, 3.05) is 20.3 Å². The fourth-order valence-corrected chi connectivity index (χ4v) is 5.90. The van der Waals surface area contributed by atoms with Crippen molar-refractivity contribution in [2.45, 2.75) is 62.7 Å². The molecule has 0 radical (unpaired) electrons. The molecule has 1 aromatic carbocycles. The number of carbonyl (C=O) groups is 3. The molecule has 3 amide bonds. The summed E-state index contributed by atoms with van der Waals surface area (Å²) in [6.07, 6.45) is 1.23. The van der Waals surface area contributed by atoms with Crippen LogP contribution < -0.4 is 10.6 Å². The third-order valence-electron chi connectivity index (χ3n) is 5.71. The Morgan fingerprint density at radius 1 is 1.26 bits per heavy atom. The number of thioether (sulfide) groups is 1. The quantitative estimate of drug-likeness (QED) is 0.569. The lowest BCUT2D eigenvalue weighted by Gasteiger charge is -2.31. The maximum atomic E-state index is 13.5. The minimum Gasteiger partial charge on any atom is -0.385 e. The van der Waals surface area contributed by atoms with Gasteiger partial charge in [-0.1, -0.05) is 32.0 Å². The molecule has 7 nitrogen and oxygen atoms in total. The van der Waals surface area contributed by atoms with Gasteiger partial charge in [0, 0.05) is 30.6 Å². The molecule has 170 valence electrons. The van der Waals surface area contributed by atoms with E-state index >= 15 is 0 Å². The number of nitrogens with zero attached hydrogens (tertiary/aromatic N) is 1. The fourth-order valence-electron chi connectivity index (χ4n) is 4.31. The van der Waals surface area contributed by atoms with Crippen molar-refractivity contribution in [3.8, 4) is 0 Å². The van der Waals surface area contributed by atoms with Gasteiger partial charge in [0.05, 0.1) is 0 Å². The van der Waals surface area contributed by atoms with Crippen molar-refractivity contribution in [1.29, 1.82) is 0 Å². The summed E-state index contributed by atoms with van der Waals surface area (Å²) in [4.78, 5) is 41.0. The monoisotopic (exact) mass is 447 g/mol. The number of amides is 3. The molecular weight excluding hydrogens is 414 g/mol. The highest BCUT2D eigenvalue weighted by Crippen LogP contribution is 2.56. The summed E-state index contributed by atoms with van der Waals surface area (Å²) in [6.45, 7) is 9.06. The molecule has 0 unspecified atom stereocenters. The van der Waals surface area contributed by atoms with Crippen LogP contribution in [0.5, 0.6) is 0 Å². The smallest absolute Gasteiger partial charge is 0.256 e. The van der Waals surface area contributed by atoms with E-state index < -0.39 is 16.8 Å². The Labute approximate surface area is 188 Å². The molecule has 0 bridgehead atoms. The van der Waals surface area contributed by atoms with Crippen LogP contribution in [0.15, 0.2) is 24.3 Å². The number of hydrogen-bond acceptors (Lipinski definition) is 5. The molecule has 1 fully saturated rings. The van der Waals surface area contributed by atoms with Crippen LogP contribution in [0, 0.1) is 5.92 Å². The second kappa shape index (κ2) is 9.61. The van der Waals surface area contributed by atoms with Crippen LogP contribution in [0.3, 0.4) is 0 Å². The van der Waals surface area contributed by atoms with Crippen LogP contribution in [0.1, 0.15) is 61.8 Å². The first kappa shape index (κ1) is 23.6. The summed E-state index contributed by atoms with van der Waals surface area (Å²) in [5, 5.41) is 5.67. The predicted octanol–water partition coefficient (Wildman–Crippen LogP) is 2.72. The van der Waals surface area contributed by atoms with E-state index in [1.165, 1.54) is 0 Å². The van der Waals surface area contributed by atoms with Crippen molar-refractivity contribution in [3.63, 3.8) is 0 Å². The molecule has 3 atom stereocenters. The van der Waals surface area contributed by atoms with Crippen LogP contribution in [0.4, 0.5) is 0 Å². The van der Waals surface area contributed by atoms with Gasteiger partial charge in [-0.3, -0.25) is 14.4 Å². The van der Waals surface area contributed by atoms with Crippen LogP contribution >= 0.6 is 11.8 Å². The number of rotatable bonds is 9. The van der Waals surface area contributed by atoms with Crippen molar-refractivity contribution < 1.29 is 19.1 Å². The van der Waals surface area contributed by atoms with E-state index in [-0.39, 0.29) is 29.0 Å². The zero-order valence-electron chi connectivity index (χ0n) is 18.9. The molecule has 2 aliphatic heterocycles. The maximum absolute atomic E-state index is 13.5. The summed E-state index contributed by atoms with van der Waals surface area (Å²) >= 11 is 1.62. The Balaban J connectivity index is 1.76. The van der Waals surface area contributed by atoms with Gasteiger partial charge in [-0.15, -0.1) is 11.8 Å². The molecule has 0 saturated carbocycles. The summed E-state index contributed by atoms with van der Waals surface area (Å²) in [5.41, 5.74) is 1.61. The fraction of sp³-hybridized carbons (Fsp3) is 0.609. The third kappa shape index (κ3) is 4.90. The van der Waals surface area contributed by atoms with Gasteiger partial charge in [-0.2, -0.15) is 0 Å². The molecule has 8 heteroatoms. The number of methoxy groups -OCH3 is 1. The van der Waals surface area contributed by atoms with E-state index in [0.717, 1.165) is 5.56 Å². The lowest BCUT2D eigenvalue weighted by atomic mass is 9.98. The first-order valence-electron chi connectivity index (χ1n) is 10.8. The molecule has 0 aliphatic carbocycles. The van der Waals surface area contributed by atoms with Crippen molar-refractivity contribution >= 4 is 29.5 Å². The van der Waals surface area contributed by atoms with Gasteiger partial charge in [0.1, 0.15) is 17.5 Å². The van der Waals surface area contributed by atoms with E-state index in [0.29, 0.717) is 31.6 Å². The largest absolute Gasteiger partial charge is 0.385 e. The van der Waals surface area contributed by atoms with Gasteiger partial charge in [0.15, 0.2) is 0 Å². The molecule has 0 aromatic heterocycles. The van der Waals surface area contributed by atoms with Gasteiger partial charge >= 0.3 is 0 Å². The highest BCUT2D eigenvalue weighted by atomic mass is 32.2. The molecule has 2 aliphatic rings. The van der Waals surface area contributed by atoms with Gasteiger partial charge in [-0.05, 0) is 44.2 Å². The van der Waals surface area contributed by atoms with E-state index in [4.69, 9.17) is 4.74 Å². The standard InChI is InChI=1S/C23H33N3O4S/c1-14(2)13-17(19(27)24-11-8-12-30-5)25-20(28)18-23(3,4)31-22-16-10-7-6-9-15(16)21(29)26(18)22/h6-7,9-10,14,17-18,22H,8,11-13H2,1-5H3,(H,24,27)(H,25,28)/t17-,18+,22+/m0/s1. The van der Waals surface area contributed by atoms with Crippen LogP contribution in [-0.4, -0.2) is 59.7 Å². The second-order valence-corrected chi connectivity index (χ2v) is 10.8. The summed E-state index contributed by atoms with van der Waals surface area (Å²) in [5.74, 6) is -0.372. The number of benzene rings is 1. The molecule has 1 aromatic rings. The average Bonchev–Trinajstić information content (AvgIpc) is 3.13. The Kier molecular flexibility index (Phi) is 7.31. The molecule has 2 N–H and O–H groups in total. The SMILES string of the molecule is COCCCNC(=O)[C@H](CC(C)C)NC(=O)[C@H]1N2C(=O)c3ccccc3[C@H]2SC1(C)C. The third-order valence-corrected chi connectivity index (χ3v) is 7.24. The topological polar surface area (TPSA) is 87.7 Å². The van der Waals surface area contributed by atoms with Gasteiger partial charge in [0.25, 0.3) is 5.91 Å². The zero-order valence-corrected chi connectivity index (χ0v) is 19.8. The molecule has 3 rings (SSSR count). The van der Waals surface area contributed by atoms with Gasteiger partial charge in [-0.25, -0.2) is 0 Å². The first-order chi connectivity index (χ1) is 14.7. The number of nitrogens with one attached hydrogen (secondary N) is 2. The Bertz CT molecular complexity index is 842. The highest BCUT2D eigenvalue weighted by Gasteiger charge is 2.57. The Morgan fingerprint density at radius 2 is 1.97 bits per heavy atom. The zero-order chi connectivity index (χ0) is 22.8. The first-order valence-corrected chi connectivity index (χ1v) is 11.7. The van der Waals surface area contributed by atoms with Crippen LogP contribution in [0.25, 0.3) is 0 Å². The lowest BCUT2D eigenvalue weighted by molar-refractivity contribution is -0.132. The van der Waals surface area contributed by atoms with E-state index in [9.17, 15) is 14.4 Å². The average molecular weight is 448 g/mol. The van der Waals surface area contributed by atoms with E-state index in [2.05, 4.69) is 10.6 Å².